The summed E-state index contributed by atoms with van der Waals surface area (Å²) in [6, 6.07) is 7.84. The van der Waals surface area contributed by atoms with Crippen molar-refractivity contribution in [1.82, 2.24) is 5.32 Å². The zero-order valence-electron chi connectivity index (χ0n) is 22.8. The lowest BCUT2D eigenvalue weighted by Crippen LogP contribution is -2.45. The molecule has 1 aromatic carbocycles. The largest absolute Gasteiger partial charge is 0.444 e. The number of aryl methyl sites for hydroxylation is 1. The molecule has 0 unspecified atom stereocenters. The number of ether oxygens (including phenoxy) is 5. The summed E-state index contributed by atoms with van der Waals surface area (Å²) >= 11 is 3.31. The molecule has 2 atom stereocenters. The smallest absolute Gasteiger partial charge is 0.407 e. The van der Waals surface area contributed by atoms with Crippen LogP contribution in [0.5, 0.6) is 0 Å². The van der Waals surface area contributed by atoms with Gasteiger partial charge in [-0.05, 0) is 58.1 Å². The predicted octanol–water partition coefficient (Wildman–Crippen LogP) is 4.13. The van der Waals surface area contributed by atoms with E-state index in [2.05, 4.69) is 33.4 Å². The minimum Gasteiger partial charge on any atom is -0.444 e. The lowest BCUT2D eigenvalue weighted by Gasteiger charge is -2.27. The van der Waals surface area contributed by atoms with Gasteiger partial charge >= 0.3 is 6.09 Å². The van der Waals surface area contributed by atoms with Crippen LogP contribution in [0.2, 0.25) is 0 Å². The Morgan fingerprint density at radius 2 is 1.51 bits per heavy atom. The molecule has 9 nitrogen and oxygen atoms in total. The Balaban J connectivity index is 2.33. The Morgan fingerprint density at radius 1 is 0.946 bits per heavy atom. The van der Waals surface area contributed by atoms with Crippen LogP contribution < -0.4 is 11.1 Å². The van der Waals surface area contributed by atoms with E-state index in [1.807, 2.05) is 19.1 Å². The molecule has 0 bridgehead atoms. The van der Waals surface area contributed by atoms with E-state index in [0.29, 0.717) is 52.7 Å². The first-order valence-corrected chi connectivity index (χ1v) is 14.0. The van der Waals surface area contributed by atoms with Crippen molar-refractivity contribution in [2.24, 2.45) is 5.73 Å². The SMILES string of the molecule is C[C@@H](OCc1ccc(CCCOCCOCCOCCBr)cc1)[C@H](CCC(N)=O)NC(=O)OC(C)(C)C. The van der Waals surface area contributed by atoms with Crippen LogP contribution >= 0.6 is 15.9 Å². The summed E-state index contributed by atoms with van der Waals surface area (Å²) in [5.74, 6) is -0.427. The lowest BCUT2D eigenvalue weighted by molar-refractivity contribution is -0.118. The highest BCUT2D eigenvalue weighted by Gasteiger charge is 2.24. The van der Waals surface area contributed by atoms with Crippen LogP contribution in [0.1, 0.15) is 58.1 Å². The van der Waals surface area contributed by atoms with Crippen molar-refractivity contribution in [2.75, 3.05) is 45.0 Å². The molecule has 0 aliphatic rings. The Kier molecular flexibility index (Phi) is 17.4. The number of hydrogen-bond donors (Lipinski definition) is 2. The van der Waals surface area contributed by atoms with Gasteiger partial charge < -0.3 is 34.7 Å². The van der Waals surface area contributed by atoms with Crippen LogP contribution in [0, 0.1) is 0 Å². The topological polar surface area (TPSA) is 118 Å². The molecule has 0 aromatic heterocycles. The Hall–Kier alpha value is -1.72. The molecule has 1 aromatic rings. The Labute approximate surface area is 230 Å². The third-order valence-electron chi connectivity index (χ3n) is 5.23. The van der Waals surface area contributed by atoms with Crippen molar-refractivity contribution in [3.05, 3.63) is 35.4 Å². The zero-order chi connectivity index (χ0) is 27.5. The molecule has 0 aliphatic heterocycles. The monoisotopic (exact) mass is 588 g/mol. The number of primary amides is 1. The molecular weight excluding hydrogens is 544 g/mol. The van der Waals surface area contributed by atoms with Gasteiger partial charge in [-0.3, -0.25) is 4.79 Å². The quantitative estimate of drug-likeness (QED) is 0.174. The van der Waals surface area contributed by atoms with Crippen molar-refractivity contribution in [2.45, 2.75) is 77.7 Å². The van der Waals surface area contributed by atoms with Crippen LogP contribution in [-0.4, -0.2) is 74.7 Å². The molecule has 37 heavy (non-hydrogen) atoms. The summed E-state index contributed by atoms with van der Waals surface area (Å²) in [5, 5.41) is 3.64. The van der Waals surface area contributed by atoms with Gasteiger partial charge in [0.25, 0.3) is 0 Å². The van der Waals surface area contributed by atoms with Gasteiger partial charge in [-0.25, -0.2) is 4.79 Å². The summed E-state index contributed by atoms with van der Waals surface area (Å²) in [6.07, 6.45) is 1.48. The average Bonchev–Trinajstić information content (AvgIpc) is 2.83. The minimum atomic E-state index is -0.618. The first-order valence-electron chi connectivity index (χ1n) is 12.9. The van der Waals surface area contributed by atoms with E-state index < -0.39 is 23.6 Å². The van der Waals surface area contributed by atoms with E-state index in [0.717, 1.165) is 23.7 Å². The van der Waals surface area contributed by atoms with Gasteiger partial charge in [0.05, 0.1) is 51.8 Å². The first-order chi connectivity index (χ1) is 17.6. The van der Waals surface area contributed by atoms with Gasteiger partial charge in [0.1, 0.15) is 5.60 Å². The van der Waals surface area contributed by atoms with Crippen LogP contribution in [0.3, 0.4) is 0 Å². The molecule has 212 valence electrons. The van der Waals surface area contributed by atoms with E-state index in [1.54, 1.807) is 20.8 Å². The third kappa shape index (κ3) is 18.2. The summed E-state index contributed by atoms with van der Waals surface area (Å²) in [7, 11) is 0. The standard InChI is InChI=1S/C27H45BrN2O7/c1-21(24(11-12-25(29)31)30-26(32)37-27(2,3)4)36-20-23-9-7-22(8-10-23)6-5-14-33-16-18-35-19-17-34-15-13-28/h7-10,21,24H,5-6,11-20H2,1-4H3,(H2,29,31)(H,30,32)/t21-,24+/m1/s1. The second kappa shape index (κ2) is 19.4. The predicted molar refractivity (Wildman–Crippen MR) is 147 cm³/mol. The van der Waals surface area contributed by atoms with Crippen LogP contribution in [-0.2, 0) is 41.5 Å². The maximum Gasteiger partial charge on any atom is 0.407 e. The van der Waals surface area contributed by atoms with E-state index in [1.165, 1.54) is 5.56 Å². The fourth-order valence-electron chi connectivity index (χ4n) is 3.30. The minimum absolute atomic E-state index is 0.145. The molecule has 10 heteroatoms. The molecule has 0 radical (unpaired) electrons. The molecule has 0 heterocycles. The number of nitrogens with two attached hydrogens (primary N) is 1. The number of carbonyl (C=O) groups excluding carboxylic acids is 2. The van der Waals surface area contributed by atoms with Crippen molar-refractivity contribution in [1.29, 1.82) is 0 Å². The number of alkyl carbamates (subject to hydrolysis) is 1. The van der Waals surface area contributed by atoms with E-state index in [4.69, 9.17) is 29.4 Å². The number of alkyl halides is 1. The molecule has 0 spiro atoms. The number of carbonyl (C=O) groups is 2. The van der Waals surface area contributed by atoms with Gasteiger partial charge in [-0.15, -0.1) is 0 Å². The average molecular weight is 590 g/mol. The van der Waals surface area contributed by atoms with Crippen LogP contribution in [0.25, 0.3) is 0 Å². The Morgan fingerprint density at radius 3 is 2.08 bits per heavy atom. The van der Waals surface area contributed by atoms with Gasteiger partial charge in [-0.1, -0.05) is 40.2 Å². The lowest BCUT2D eigenvalue weighted by atomic mass is 10.1. The van der Waals surface area contributed by atoms with Crippen LogP contribution in [0.4, 0.5) is 4.79 Å². The fraction of sp³-hybridized carbons (Fsp3) is 0.704. The molecule has 0 fully saturated rings. The highest BCUT2D eigenvalue weighted by molar-refractivity contribution is 9.09. The highest BCUT2D eigenvalue weighted by atomic mass is 79.9. The molecule has 1 rings (SSSR count). The Bertz CT molecular complexity index is 756. The number of amides is 2. The van der Waals surface area contributed by atoms with E-state index >= 15 is 0 Å². The van der Waals surface area contributed by atoms with Crippen molar-refractivity contribution in [3.8, 4) is 0 Å². The number of benzene rings is 1. The van der Waals surface area contributed by atoms with Crippen molar-refractivity contribution < 1.29 is 33.3 Å². The number of nitrogens with one attached hydrogen (secondary N) is 1. The maximum absolute atomic E-state index is 12.2. The van der Waals surface area contributed by atoms with Gasteiger partial charge in [0.2, 0.25) is 5.91 Å². The molecule has 2 amide bonds. The van der Waals surface area contributed by atoms with Gasteiger partial charge in [0, 0.05) is 18.4 Å². The summed E-state index contributed by atoms with van der Waals surface area (Å²) in [4.78, 5) is 23.5. The fourth-order valence-corrected chi connectivity index (χ4v) is 3.53. The second-order valence-corrected chi connectivity index (χ2v) is 10.5. The zero-order valence-corrected chi connectivity index (χ0v) is 24.3. The maximum atomic E-state index is 12.2. The van der Waals surface area contributed by atoms with Crippen LogP contribution in [0.15, 0.2) is 24.3 Å². The third-order valence-corrected chi connectivity index (χ3v) is 5.55. The molecular formula is C27H45BrN2O7. The molecule has 0 aliphatic carbocycles. The van der Waals surface area contributed by atoms with E-state index in [-0.39, 0.29) is 12.5 Å². The summed E-state index contributed by atoms with van der Waals surface area (Å²) < 4.78 is 27.7. The second-order valence-electron chi connectivity index (χ2n) is 9.72. The highest BCUT2D eigenvalue weighted by Crippen LogP contribution is 2.14. The van der Waals surface area contributed by atoms with E-state index in [9.17, 15) is 9.59 Å². The molecule has 0 saturated heterocycles. The summed E-state index contributed by atoms with van der Waals surface area (Å²) in [6.45, 7) is 11.3. The molecule has 0 saturated carbocycles. The van der Waals surface area contributed by atoms with Crippen molar-refractivity contribution >= 4 is 27.9 Å². The number of hydrogen-bond acceptors (Lipinski definition) is 7. The first kappa shape index (κ1) is 33.3. The summed E-state index contributed by atoms with van der Waals surface area (Å²) in [5.41, 5.74) is 6.93. The van der Waals surface area contributed by atoms with Gasteiger partial charge in [-0.2, -0.15) is 0 Å². The normalized spacial score (nSPS) is 13.2. The molecule has 3 N–H and O–H groups in total. The van der Waals surface area contributed by atoms with Crippen molar-refractivity contribution in [3.63, 3.8) is 0 Å². The van der Waals surface area contributed by atoms with Gasteiger partial charge in [0.15, 0.2) is 0 Å². The number of halogens is 1. The number of rotatable bonds is 20.